The van der Waals surface area contributed by atoms with Crippen molar-refractivity contribution >= 4 is 21.7 Å². The fraction of sp³-hybridized carbons (Fsp3) is 0.500. The third-order valence-electron chi connectivity index (χ3n) is 3.89. The van der Waals surface area contributed by atoms with Gasteiger partial charge in [0.2, 0.25) is 0 Å². The van der Waals surface area contributed by atoms with E-state index in [1.807, 2.05) is 6.92 Å². The molecule has 1 amide bonds. The molecule has 1 saturated carbocycles. The Labute approximate surface area is 135 Å². The lowest BCUT2D eigenvalue weighted by atomic mass is 10.1. The van der Waals surface area contributed by atoms with Gasteiger partial charge in [-0.1, -0.05) is 13.3 Å². The maximum atomic E-state index is 12.1. The summed E-state index contributed by atoms with van der Waals surface area (Å²) in [7, 11) is -3.33. The van der Waals surface area contributed by atoms with Crippen molar-refractivity contribution in [1.82, 2.24) is 5.32 Å². The van der Waals surface area contributed by atoms with Crippen molar-refractivity contribution in [1.29, 1.82) is 0 Å². The quantitative estimate of drug-likeness (QED) is 0.753. The molecule has 0 bridgehead atoms. The standard InChI is InChI=1S/C16H21NO5S/c1-2-3-10-23(21,22)13-8-6-12(7-9-13)15(18)17-14(16(19)20)11-4-5-11/h6-9,11,14H,2-5,10H2,1H3,(H,17,18)(H,19,20). The van der Waals surface area contributed by atoms with Crippen LogP contribution in [0.2, 0.25) is 0 Å². The average Bonchev–Trinajstić information content (AvgIpc) is 3.35. The van der Waals surface area contributed by atoms with E-state index in [1.165, 1.54) is 24.3 Å². The maximum Gasteiger partial charge on any atom is 0.326 e. The van der Waals surface area contributed by atoms with Gasteiger partial charge in [0.05, 0.1) is 10.6 Å². The van der Waals surface area contributed by atoms with E-state index >= 15 is 0 Å². The molecule has 2 N–H and O–H groups in total. The van der Waals surface area contributed by atoms with Gasteiger partial charge in [-0.2, -0.15) is 0 Å². The lowest BCUT2D eigenvalue weighted by Gasteiger charge is -2.13. The minimum absolute atomic E-state index is 0.00913. The largest absolute Gasteiger partial charge is 0.480 e. The van der Waals surface area contributed by atoms with Crippen LogP contribution >= 0.6 is 0 Å². The molecular weight excluding hydrogens is 318 g/mol. The van der Waals surface area contributed by atoms with Crippen LogP contribution in [0.25, 0.3) is 0 Å². The third kappa shape index (κ3) is 4.54. The van der Waals surface area contributed by atoms with E-state index in [0.717, 1.165) is 19.3 Å². The number of amides is 1. The second kappa shape index (κ2) is 7.12. The number of carbonyl (C=O) groups excluding carboxylic acids is 1. The Kier molecular flexibility index (Phi) is 5.41. The van der Waals surface area contributed by atoms with Crippen molar-refractivity contribution in [3.63, 3.8) is 0 Å². The summed E-state index contributed by atoms with van der Waals surface area (Å²) in [5, 5.41) is 11.6. The summed E-state index contributed by atoms with van der Waals surface area (Å²) in [6.07, 6.45) is 2.97. The molecule has 6 nitrogen and oxygen atoms in total. The lowest BCUT2D eigenvalue weighted by Crippen LogP contribution is -2.42. The summed E-state index contributed by atoms with van der Waals surface area (Å²) < 4.78 is 24.1. The predicted molar refractivity (Wildman–Crippen MR) is 85.0 cm³/mol. The molecule has 0 heterocycles. The van der Waals surface area contributed by atoms with E-state index in [9.17, 15) is 18.0 Å². The average molecular weight is 339 g/mol. The number of carbonyl (C=O) groups is 2. The second-order valence-electron chi connectivity index (χ2n) is 5.82. The number of nitrogens with one attached hydrogen (secondary N) is 1. The number of unbranched alkanes of at least 4 members (excludes halogenated alkanes) is 1. The molecule has 7 heteroatoms. The summed E-state index contributed by atoms with van der Waals surface area (Å²) >= 11 is 0. The Morgan fingerprint density at radius 2 is 1.87 bits per heavy atom. The highest BCUT2D eigenvalue weighted by Gasteiger charge is 2.37. The molecule has 1 aromatic rings. The van der Waals surface area contributed by atoms with Crippen LogP contribution in [0.5, 0.6) is 0 Å². The molecule has 1 fully saturated rings. The van der Waals surface area contributed by atoms with Gasteiger partial charge < -0.3 is 10.4 Å². The molecule has 1 aromatic carbocycles. The SMILES string of the molecule is CCCCS(=O)(=O)c1ccc(C(=O)NC(C(=O)O)C2CC2)cc1. The first-order valence-electron chi connectivity index (χ1n) is 7.71. The molecule has 23 heavy (non-hydrogen) atoms. The number of sulfone groups is 1. The Balaban J connectivity index is 2.06. The molecule has 0 aromatic heterocycles. The van der Waals surface area contributed by atoms with Crippen LogP contribution in [0.3, 0.4) is 0 Å². The van der Waals surface area contributed by atoms with E-state index in [4.69, 9.17) is 5.11 Å². The van der Waals surface area contributed by atoms with E-state index in [0.29, 0.717) is 6.42 Å². The van der Waals surface area contributed by atoms with Crippen LogP contribution < -0.4 is 5.32 Å². The minimum Gasteiger partial charge on any atom is -0.480 e. The van der Waals surface area contributed by atoms with Gasteiger partial charge in [-0.3, -0.25) is 4.79 Å². The highest BCUT2D eigenvalue weighted by Crippen LogP contribution is 2.32. The fourth-order valence-corrected chi connectivity index (χ4v) is 3.76. The maximum absolute atomic E-state index is 12.1. The Morgan fingerprint density at radius 1 is 1.26 bits per heavy atom. The molecule has 0 radical (unpaired) electrons. The molecule has 126 valence electrons. The Bertz CT molecular complexity index is 677. The Morgan fingerprint density at radius 3 is 2.35 bits per heavy atom. The monoisotopic (exact) mass is 339 g/mol. The first kappa shape index (κ1) is 17.5. The van der Waals surface area contributed by atoms with Crippen molar-refractivity contribution in [2.24, 2.45) is 5.92 Å². The normalized spacial score (nSPS) is 15.9. The van der Waals surface area contributed by atoms with E-state index in [-0.39, 0.29) is 22.1 Å². The van der Waals surface area contributed by atoms with Crippen LogP contribution in [-0.2, 0) is 14.6 Å². The summed E-state index contributed by atoms with van der Waals surface area (Å²) in [4.78, 5) is 23.4. The van der Waals surface area contributed by atoms with Crippen LogP contribution in [0, 0.1) is 5.92 Å². The summed E-state index contributed by atoms with van der Waals surface area (Å²) in [5.41, 5.74) is 0.256. The topological polar surface area (TPSA) is 101 Å². The molecule has 0 saturated heterocycles. The second-order valence-corrected chi connectivity index (χ2v) is 7.93. The number of hydrogen-bond donors (Lipinski definition) is 2. The van der Waals surface area contributed by atoms with Gasteiger partial charge in [-0.25, -0.2) is 13.2 Å². The van der Waals surface area contributed by atoms with Crippen molar-refractivity contribution in [3.05, 3.63) is 29.8 Å². The first-order chi connectivity index (χ1) is 10.8. The summed E-state index contributed by atoms with van der Waals surface area (Å²) in [5.74, 6) is -1.47. The zero-order valence-corrected chi connectivity index (χ0v) is 13.8. The van der Waals surface area contributed by atoms with Gasteiger partial charge in [0, 0.05) is 5.56 Å². The molecular formula is C16H21NO5S. The van der Waals surface area contributed by atoms with E-state index < -0.39 is 27.8 Å². The third-order valence-corrected chi connectivity index (χ3v) is 5.70. The number of carboxylic acids is 1. The fourth-order valence-electron chi connectivity index (χ4n) is 2.30. The highest BCUT2D eigenvalue weighted by atomic mass is 32.2. The van der Waals surface area contributed by atoms with E-state index in [2.05, 4.69) is 5.32 Å². The van der Waals surface area contributed by atoms with Gasteiger partial charge in [-0.15, -0.1) is 0 Å². The molecule has 1 aliphatic carbocycles. The smallest absolute Gasteiger partial charge is 0.326 e. The van der Waals surface area contributed by atoms with Crippen LogP contribution in [0.4, 0.5) is 0 Å². The van der Waals surface area contributed by atoms with Gasteiger partial charge in [0.25, 0.3) is 5.91 Å². The lowest BCUT2D eigenvalue weighted by molar-refractivity contribution is -0.139. The number of rotatable bonds is 8. The van der Waals surface area contributed by atoms with Crippen LogP contribution in [0.1, 0.15) is 43.0 Å². The molecule has 0 spiro atoms. The minimum atomic E-state index is -3.33. The number of hydrogen-bond acceptors (Lipinski definition) is 4. The molecule has 1 atom stereocenters. The summed E-state index contributed by atoms with van der Waals surface area (Å²) in [6, 6.07) is 4.75. The first-order valence-corrected chi connectivity index (χ1v) is 9.37. The molecule has 2 rings (SSSR count). The highest BCUT2D eigenvalue weighted by molar-refractivity contribution is 7.91. The van der Waals surface area contributed by atoms with Gasteiger partial charge in [0.1, 0.15) is 6.04 Å². The number of benzene rings is 1. The molecule has 1 aliphatic rings. The predicted octanol–water partition coefficient (Wildman–Crippen LogP) is 1.85. The van der Waals surface area contributed by atoms with Crippen LogP contribution in [0.15, 0.2) is 29.2 Å². The van der Waals surface area contributed by atoms with Gasteiger partial charge in [-0.05, 0) is 49.4 Å². The van der Waals surface area contributed by atoms with Gasteiger partial charge in [0.15, 0.2) is 9.84 Å². The van der Waals surface area contributed by atoms with Crippen molar-refractivity contribution in [2.75, 3.05) is 5.75 Å². The van der Waals surface area contributed by atoms with E-state index in [1.54, 1.807) is 0 Å². The van der Waals surface area contributed by atoms with Gasteiger partial charge >= 0.3 is 5.97 Å². The number of carboxylic acid groups (broad SMARTS) is 1. The zero-order chi connectivity index (χ0) is 17.0. The molecule has 0 aliphatic heterocycles. The Hall–Kier alpha value is -1.89. The van der Waals surface area contributed by atoms with Crippen molar-refractivity contribution in [2.45, 2.75) is 43.5 Å². The zero-order valence-electron chi connectivity index (χ0n) is 13.0. The molecule has 1 unspecified atom stereocenters. The number of aliphatic carboxylic acids is 1. The van der Waals surface area contributed by atoms with Crippen molar-refractivity contribution < 1.29 is 23.1 Å². The van der Waals surface area contributed by atoms with Crippen molar-refractivity contribution in [3.8, 4) is 0 Å². The van der Waals surface area contributed by atoms with Crippen LogP contribution in [-0.4, -0.2) is 37.2 Å². The summed E-state index contributed by atoms with van der Waals surface area (Å²) in [6.45, 7) is 1.92.